The van der Waals surface area contributed by atoms with Crippen LogP contribution in [-0.4, -0.2) is 41.9 Å². The predicted molar refractivity (Wildman–Crippen MR) is 104 cm³/mol. The van der Waals surface area contributed by atoms with Gasteiger partial charge in [-0.15, -0.1) is 10.2 Å². The van der Waals surface area contributed by atoms with Gasteiger partial charge in [-0.2, -0.15) is 0 Å². The molecule has 3 aromatic rings. The highest BCUT2D eigenvalue weighted by Crippen LogP contribution is 2.24. The van der Waals surface area contributed by atoms with Crippen LogP contribution in [0.3, 0.4) is 0 Å². The number of hydrogen-bond acceptors (Lipinski definition) is 7. The first-order chi connectivity index (χ1) is 13.3. The number of amides is 1. The van der Waals surface area contributed by atoms with Crippen LogP contribution < -0.4 is 5.73 Å². The number of hydrogen-bond donors (Lipinski definition) is 1. The molecule has 0 saturated carbocycles. The van der Waals surface area contributed by atoms with E-state index in [0.717, 1.165) is 11.4 Å². The molecule has 3 heterocycles. The van der Waals surface area contributed by atoms with Gasteiger partial charge >= 0.3 is 0 Å². The van der Waals surface area contributed by atoms with Gasteiger partial charge in [0, 0.05) is 42.9 Å². The molecule has 2 N–H and O–H groups in total. The first-order valence-electron chi connectivity index (χ1n) is 8.73. The van der Waals surface area contributed by atoms with Gasteiger partial charge in [0.25, 0.3) is 0 Å². The molecule has 0 saturated heterocycles. The van der Waals surface area contributed by atoms with Gasteiger partial charge in [-0.3, -0.25) is 14.2 Å². The third-order valence-corrected chi connectivity index (χ3v) is 5.45. The minimum Gasteiger partial charge on any atom is -0.370 e. The number of thioether (sulfide) groups is 1. The number of primary amides is 1. The molecule has 0 spiro atoms. The Bertz CT molecular complexity index is 1030. The molecule has 0 atom stereocenters. The van der Waals surface area contributed by atoms with Crippen molar-refractivity contribution in [2.45, 2.75) is 38.8 Å². The van der Waals surface area contributed by atoms with E-state index < -0.39 is 0 Å². The normalized spacial score (nSPS) is 11.1. The Kier molecular flexibility index (Phi) is 5.68. The zero-order valence-electron chi connectivity index (χ0n) is 16.2. The maximum atomic E-state index is 12.8. The maximum absolute atomic E-state index is 12.8. The zero-order valence-corrected chi connectivity index (χ0v) is 17.0. The molecule has 3 rings (SSSR count). The molecule has 148 valence electrons. The van der Waals surface area contributed by atoms with Gasteiger partial charge in [-0.05, 0) is 26.8 Å². The van der Waals surface area contributed by atoms with Crippen molar-refractivity contribution in [1.82, 2.24) is 24.5 Å². The van der Waals surface area contributed by atoms with E-state index in [9.17, 15) is 9.59 Å². The molecule has 0 aromatic carbocycles. The summed E-state index contributed by atoms with van der Waals surface area (Å²) in [7, 11) is 1.81. The quantitative estimate of drug-likeness (QED) is 0.451. The number of Topliss-reactive ketones (excluding diaryl/α,β-unsaturated/α-hetero) is 1. The van der Waals surface area contributed by atoms with Gasteiger partial charge in [-0.25, -0.2) is 0 Å². The standard InChI is InChI=1S/C18H22N6O3S/c1-10-7-13(12(3)24(10)17-8-11(2)27-22-17)14(25)9-28-18-21-20-16(23(18)4)6-5-15(19)26/h7-8H,5-6,9H2,1-4H3,(H2,19,26). The molecule has 0 fully saturated rings. The van der Waals surface area contributed by atoms with Crippen molar-refractivity contribution >= 4 is 23.5 Å². The molecule has 0 aliphatic heterocycles. The Morgan fingerprint density at radius 1 is 1.21 bits per heavy atom. The predicted octanol–water partition coefficient (Wildman–Crippen LogP) is 1.91. The molecule has 10 heteroatoms. The molecular formula is C18H22N6O3S. The monoisotopic (exact) mass is 402 g/mol. The van der Waals surface area contributed by atoms with E-state index in [1.54, 1.807) is 4.57 Å². The Morgan fingerprint density at radius 3 is 2.61 bits per heavy atom. The van der Waals surface area contributed by atoms with E-state index in [4.69, 9.17) is 10.3 Å². The summed E-state index contributed by atoms with van der Waals surface area (Å²) in [5.41, 5.74) is 7.54. The summed E-state index contributed by atoms with van der Waals surface area (Å²) in [6, 6.07) is 3.69. The highest BCUT2D eigenvalue weighted by Gasteiger charge is 2.19. The topological polar surface area (TPSA) is 122 Å². The number of carbonyl (C=O) groups is 2. The van der Waals surface area contributed by atoms with Crippen LogP contribution in [0.1, 0.15) is 39.8 Å². The lowest BCUT2D eigenvalue weighted by molar-refractivity contribution is -0.118. The lowest BCUT2D eigenvalue weighted by Gasteiger charge is -2.05. The maximum Gasteiger partial charge on any atom is 0.217 e. The third-order valence-electron chi connectivity index (χ3n) is 4.43. The van der Waals surface area contributed by atoms with Crippen molar-refractivity contribution in [2.24, 2.45) is 12.8 Å². The second kappa shape index (κ2) is 8.01. The third kappa shape index (κ3) is 4.01. The van der Waals surface area contributed by atoms with E-state index in [0.29, 0.717) is 34.5 Å². The lowest BCUT2D eigenvalue weighted by Crippen LogP contribution is -2.13. The fourth-order valence-corrected chi connectivity index (χ4v) is 3.80. The number of nitrogens with zero attached hydrogens (tertiary/aromatic N) is 5. The number of ketones is 1. The fourth-order valence-electron chi connectivity index (χ4n) is 2.99. The summed E-state index contributed by atoms with van der Waals surface area (Å²) in [4.78, 5) is 23.7. The van der Waals surface area contributed by atoms with Crippen LogP contribution in [0.2, 0.25) is 0 Å². The highest BCUT2D eigenvalue weighted by molar-refractivity contribution is 7.99. The van der Waals surface area contributed by atoms with Crippen LogP contribution in [0.15, 0.2) is 21.8 Å². The summed E-state index contributed by atoms with van der Waals surface area (Å²) in [5.74, 6) is 1.86. The van der Waals surface area contributed by atoms with E-state index in [1.807, 2.05) is 44.5 Å². The van der Waals surface area contributed by atoms with Crippen molar-refractivity contribution in [3.63, 3.8) is 0 Å². The van der Waals surface area contributed by atoms with Gasteiger partial charge in [0.1, 0.15) is 11.6 Å². The van der Waals surface area contributed by atoms with E-state index >= 15 is 0 Å². The van der Waals surface area contributed by atoms with Crippen molar-refractivity contribution < 1.29 is 14.1 Å². The summed E-state index contributed by atoms with van der Waals surface area (Å²) < 4.78 is 8.83. The summed E-state index contributed by atoms with van der Waals surface area (Å²) >= 11 is 1.31. The van der Waals surface area contributed by atoms with Crippen molar-refractivity contribution in [1.29, 1.82) is 0 Å². The van der Waals surface area contributed by atoms with Gasteiger partial charge in [0.15, 0.2) is 16.8 Å². The Hall–Kier alpha value is -2.88. The number of nitrogens with two attached hydrogens (primary N) is 1. The molecule has 0 bridgehead atoms. The molecule has 0 radical (unpaired) electrons. The molecule has 3 aromatic heterocycles. The minimum atomic E-state index is -0.384. The first kappa shape index (κ1) is 19.9. The van der Waals surface area contributed by atoms with Gasteiger partial charge in [0.2, 0.25) is 5.91 Å². The van der Waals surface area contributed by atoms with Crippen LogP contribution in [0.4, 0.5) is 0 Å². The fraction of sp³-hybridized carbons (Fsp3) is 0.389. The highest BCUT2D eigenvalue weighted by atomic mass is 32.2. The van der Waals surface area contributed by atoms with Crippen LogP contribution in [0, 0.1) is 20.8 Å². The molecular weight excluding hydrogens is 380 g/mol. The summed E-state index contributed by atoms with van der Waals surface area (Å²) in [6.45, 7) is 5.64. The van der Waals surface area contributed by atoms with Gasteiger partial charge in [0.05, 0.1) is 5.75 Å². The van der Waals surface area contributed by atoms with Crippen LogP contribution in [0.5, 0.6) is 0 Å². The van der Waals surface area contributed by atoms with E-state index in [-0.39, 0.29) is 23.9 Å². The second-order valence-corrected chi connectivity index (χ2v) is 7.49. The minimum absolute atomic E-state index is 0.00810. The smallest absolute Gasteiger partial charge is 0.217 e. The molecule has 9 nitrogen and oxygen atoms in total. The Morgan fingerprint density at radius 2 is 1.96 bits per heavy atom. The average Bonchev–Trinajstić information content (AvgIpc) is 3.29. The summed E-state index contributed by atoms with van der Waals surface area (Å²) in [5, 5.41) is 12.8. The second-order valence-electron chi connectivity index (χ2n) is 6.55. The zero-order chi connectivity index (χ0) is 20.4. The van der Waals surface area contributed by atoms with Crippen molar-refractivity contribution in [2.75, 3.05) is 5.75 Å². The van der Waals surface area contributed by atoms with E-state index in [1.165, 1.54) is 11.8 Å². The first-order valence-corrected chi connectivity index (χ1v) is 9.71. The SMILES string of the molecule is Cc1cc(-n2c(C)cc(C(=O)CSc3nnc(CCC(N)=O)n3C)c2C)no1. The van der Waals surface area contributed by atoms with Crippen LogP contribution in [-0.2, 0) is 18.3 Å². The van der Waals surface area contributed by atoms with E-state index in [2.05, 4.69) is 15.4 Å². The number of aromatic nitrogens is 5. The number of aryl methyl sites for hydroxylation is 3. The Balaban J connectivity index is 1.72. The molecule has 0 aliphatic rings. The average molecular weight is 402 g/mol. The molecule has 0 aliphatic carbocycles. The Labute approximate surface area is 166 Å². The van der Waals surface area contributed by atoms with Crippen molar-refractivity contribution in [3.8, 4) is 5.82 Å². The largest absolute Gasteiger partial charge is 0.370 e. The van der Waals surface area contributed by atoms with Gasteiger partial charge in [-0.1, -0.05) is 16.9 Å². The summed E-state index contributed by atoms with van der Waals surface area (Å²) in [6.07, 6.45) is 0.634. The molecule has 0 unspecified atom stereocenters. The molecule has 1 amide bonds. The number of rotatable bonds is 8. The van der Waals surface area contributed by atoms with Crippen LogP contribution >= 0.6 is 11.8 Å². The van der Waals surface area contributed by atoms with Gasteiger partial charge < -0.3 is 14.8 Å². The molecule has 28 heavy (non-hydrogen) atoms. The number of carbonyl (C=O) groups excluding carboxylic acids is 2. The lowest BCUT2D eigenvalue weighted by atomic mass is 10.2. The van der Waals surface area contributed by atoms with Crippen molar-refractivity contribution in [3.05, 3.63) is 40.7 Å². The van der Waals surface area contributed by atoms with Crippen LogP contribution in [0.25, 0.3) is 5.82 Å².